The van der Waals surface area contributed by atoms with E-state index in [2.05, 4.69) is 16.0 Å². The number of methoxy groups -OCH3 is 1. The summed E-state index contributed by atoms with van der Waals surface area (Å²) in [6.07, 6.45) is -1.28. The molecule has 3 aromatic carbocycles. The molecule has 1 unspecified atom stereocenters. The van der Waals surface area contributed by atoms with Crippen molar-refractivity contribution in [3.05, 3.63) is 100 Å². The van der Waals surface area contributed by atoms with E-state index in [1.165, 1.54) is 25.3 Å². The van der Waals surface area contributed by atoms with Crippen LogP contribution in [-0.4, -0.2) is 33.0 Å². The van der Waals surface area contributed by atoms with E-state index < -0.39 is 26.7 Å². The quantitative estimate of drug-likeness (QED) is 0.108. The van der Waals surface area contributed by atoms with Crippen LogP contribution in [0.3, 0.4) is 0 Å². The van der Waals surface area contributed by atoms with Gasteiger partial charge in [0.25, 0.3) is 5.69 Å². The average molecular weight is 568 g/mol. The van der Waals surface area contributed by atoms with Crippen molar-refractivity contribution in [2.75, 3.05) is 12.4 Å². The maximum Gasteiger partial charge on any atom is 0.296 e. The van der Waals surface area contributed by atoms with Crippen LogP contribution in [0.15, 0.2) is 78.9 Å². The molecule has 0 spiro atoms. The molecule has 0 bridgehead atoms. The van der Waals surface area contributed by atoms with Crippen LogP contribution in [0.1, 0.15) is 17.0 Å². The van der Waals surface area contributed by atoms with Crippen LogP contribution in [0.2, 0.25) is 0 Å². The van der Waals surface area contributed by atoms with Crippen molar-refractivity contribution in [2.45, 2.75) is 15.9 Å². The Kier molecular flexibility index (Phi) is 9.33. The molecule has 0 aromatic heterocycles. The zero-order valence-electron chi connectivity index (χ0n) is 18.8. The molecule has 0 aliphatic rings. The monoisotopic (exact) mass is 566 g/mol. The second kappa shape index (κ2) is 12.2. The predicted octanol–water partition coefficient (Wildman–Crippen LogP) is 5.53. The normalized spacial score (nSPS) is 11.9. The zero-order valence-corrected chi connectivity index (χ0v) is 21.9. The Morgan fingerprint density at radius 1 is 0.972 bits per heavy atom. The van der Waals surface area contributed by atoms with Crippen LogP contribution >= 0.6 is 47.0 Å². The number of benzene rings is 3. The molecule has 0 heterocycles. The van der Waals surface area contributed by atoms with Gasteiger partial charge in [-0.2, -0.15) is 0 Å². The summed E-state index contributed by atoms with van der Waals surface area (Å²) in [6, 6.07) is 22.5. The molecule has 3 rings (SSSR count). The lowest BCUT2D eigenvalue weighted by atomic mass is 9.90. The number of hydrogen-bond acceptors (Lipinski definition) is 5. The Labute approximate surface area is 228 Å². The number of thiocarbonyl (C=S) groups is 1. The number of nitro benzene ring substituents is 1. The lowest BCUT2D eigenvalue weighted by Gasteiger charge is -2.29. The van der Waals surface area contributed by atoms with Crippen molar-refractivity contribution in [1.82, 2.24) is 10.6 Å². The smallest absolute Gasteiger partial charge is 0.296 e. The van der Waals surface area contributed by atoms with E-state index in [4.69, 9.17) is 51.8 Å². The minimum absolute atomic E-state index is 0.0825. The number of rotatable bonds is 8. The summed E-state index contributed by atoms with van der Waals surface area (Å²) in [5, 5.41) is 19.5. The highest BCUT2D eigenvalue weighted by Crippen LogP contribution is 2.32. The number of ether oxygens (including phenoxy) is 1. The summed E-state index contributed by atoms with van der Waals surface area (Å²) >= 11 is 23.7. The summed E-state index contributed by atoms with van der Waals surface area (Å²) in [5.74, 6) is -0.854. The molecule has 0 aliphatic heterocycles. The van der Waals surface area contributed by atoms with Crippen molar-refractivity contribution in [3.63, 3.8) is 0 Å². The second-order valence-corrected chi connectivity index (χ2v) is 10.3. The fourth-order valence-corrected chi connectivity index (χ4v) is 3.95. The third kappa shape index (κ3) is 7.20. The number of hydrogen-bond donors (Lipinski definition) is 3. The third-order valence-corrected chi connectivity index (χ3v) is 5.94. The zero-order chi connectivity index (χ0) is 26.3. The summed E-state index contributed by atoms with van der Waals surface area (Å²) in [7, 11) is 1.39. The molecule has 3 N–H and O–H groups in total. The van der Waals surface area contributed by atoms with Gasteiger partial charge in [-0.3, -0.25) is 14.9 Å². The van der Waals surface area contributed by atoms with E-state index in [9.17, 15) is 14.9 Å². The van der Waals surface area contributed by atoms with Gasteiger partial charge >= 0.3 is 0 Å². The maximum absolute atomic E-state index is 13.5. The van der Waals surface area contributed by atoms with Gasteiger partial charge < -0.3 is 20.7 Å². The van der Waals surface area contributed by atoms with Crippen molar-refractivity contribution in [1.29, 1.82) is 0 Å². The van der Waals surface area contributed by atoms with Crippen molar-refractivity contribution in [2.24, 2.45) is 0 Å². The molecule has 3 aromatic rings. The number of halogens is 3. The van der Waals surface area contributed by atoms with Crippen LogP contribution in [0, 0.1) is 10.1 Å². The molecule has 36 heavy (non-hydrogen) atoms. The van der Waals surface area contributed by atoms with Gasteiger partial charge in [0.2, 0.25) is 9.70 Å². The molecule has 188 valence electrons. The Hall–Kier alpha value is -3.11. The fraction of sp³-hybridized carbons (Fsp3) is 0.167. The summed E-state index contributed by atoms with van der Waals surface area (Å²) in [4.78, 5) is 24.3. The van der Waals surface area contributed by atoms with Gasteiger partial charge in [-0.05, 0) is 35.5 Å². The molecule has 0 fully saturated rings. The Morgan fingerprint density at radius 2 is 1.53 bits per heavy atom. The first-order valence-corrected chi connectivity index (χ1v) is 12.0. The average Bonchev–Trinajstić information content (AvgIpc) is 2.84. The first-order valence-electron chi connectivity index (χ1n) is 10.5. The number of nitro groups is 1. The van der Waals surface area contributed by atoms with Gasteiger partial charge in [-0.15, -0.1) is 0 Å². The molecule has 12 heteroatoms. The van der Waals surface area contributed by atoms with Gasteiger partial charge in [-0.1, -0.05) is 95.5 Å². The van der Waals surface area contributed by atoms with Crippen molar-refractivity contribution >= 4 is 69.4 Å². The van der Waals surface area contributed by atoms with E-state index in [0.29, 0.717) is 5.75 Å². The van der Waals surface area contributed by atoms with Gasteiger partial charge in [-0.25, -0.2) is 0 Å². The Bertz CT molecular complexity index is 1190. The maximum atomic E-state index is 13.5. The highest BCUT2D eigenvalue weighted by Gasteiger charge is 2.37. The van der Waals surface area contributed by atoms with Crippen LogP contribution in [0.4, 0.5) is 11.4 Å². The Morgan fingerprint density at radius 3 is 2.00 bits per heavy atom. The molecule has 1 atom stereocenters. The number of anilines is 1. The molecule has 1 amide bonds. The van der Waals surface area contributed by atoms with E-state index in [1.54, 1.807) is 0 Å². The standard InChI is InChI=1S/C24H21Cl3N4O4S/c1-35-17-12-13-18(19(14-17)31(33)34)28-23(36)30-22(24(25,26)27)29-21(32)20(15-8-4-2-5-9-15)16-10-6-3-7-11-16/h2-14,20,22H,1H3,(H,29,32)(H2,28,30,36). The first kappa shape index (κ1) is 27.5. The molecule has 0 saturated carbocycles. The summed E-state index contributed by atoms with van der Waals surface area (Å²) < 4.78 is 3.01. The molecular formula is C24H21Cl3N4O4S. The number of alkyl halides is 3. The van der Waals surface area contributed by atoms with E-state index in [1.807, 2.05) is 60.7 Å². The molecule has 8 nitrogen and oxygen atoms in total. The number of amides is 1. The minimum Gasteiger partial charge on any atom is -0.496 e. The van der Waals surface area contributed by atoms with E-state index in [-0.39, 0.29) is 16.5 Å². The SMILES string of the molecule is COc1ccc(NC(=S)NC(NC(=O)C(c2ccccc2)c2ccccc2)C(Cl)(Cl)Cl)c([N+](=O)[O-])c1. The Balaban J connectivity index is 1.83. The topological polar surface area (TPSA) is 106 Å². The second-order valence-electron chi connectivity index (χ2n) is 7.48. The molecule has 0 saturated heterocycles. The van der Waals surface area contributed by atoms with Crippen LogP contribution < -0.4 is 20.7 Å². The summed E-state index contributed by atoms with van der Waals surface area (Å²) in [6.45, 7) is 0. The van der Waals surface area contributed by atoms with Gasteiger partial charge in [0.05, 0.1) is 24.0 Å². The molecule has 0 radical (unpaired) electrons. The number of nitrogens with zero attached hydrogens (tertiary/aromatic N) is 1. The fourth-order valence-electron chi connectivity index (χ4n) is 3.40. The van der Waals surface area contributed by atoms with Gasteiger partial charge in [0.15, 0.2) is 5.11 Å². The third-order valence-electron chi connectivity index (χ3n) is 5.07. The highest BCUT2D eigenvalue weighted by atomic mass is 35.6. The number of carbonyl (C=O) groups excluding carboxylic acids is 1. The first-order chi connectivity index (χ1) is 17.1. The van der Waals surface area contributed by atoms with Crippen LogP contribution in [0.25, 0.3) is 0 Å². The number of carbonyl (C=O) groups is 1. The number of nitrogens with one attached hydrogen (secondary N) is 3. The lowest BCUT2D eigenvalue weighted by molar-refractivity contribution is -0.384. The lowest BCUT2D eigenvalue weighted by Crippen LogP contribution is -2.57. The van der Waals surface area contributed by atoms with Gasteiger partial charge in [0, 0.05) is 0 Å². The van der Waals surface area contributed by atoms with Crippen LogP contribution in [-0.2, 0) is 4.79 Å². The molecule has 0 aliphatic carbocycles. The molecular weight excluding hydrogens is 547 g/mol. The van der Waals surface area contributed by atoms with E-state index in [0.717, 1.165) is 11.1 Å². The summed E-state index contributed by atoms with van der Waals surface area (Å²) in [5.41, 5.74) is 1.28. The predicted molar refractivity (Wildman–Crippen MR) is 146 cm³/mol. The van der Waals surface area contributed by atoms with E-state index >= 15 is 0 Å². The van der Waals surface area contributed by atoms with Crippen molar-refractivity contribution < 1.29 is 14.5 Å². The van der Waals surface area contributed by atoms with Gasteiger partial charge in [0.1, 0.15) is 17.6 Å². The minimum atomic E-state index is -2.02. The van der Waals surface area contributed by atoms with Crippen molar-refractivity contribution in [3.8, 4) is 5.75 Å². The largest absolute Gasteiger partial charge is 0.496 e. The van der Waals surface area contributed by atoms with Crippen LogP contribution in [0.5, 0.6) is 5.75 Å². The highest BCUT2D eigenvalue weighted by molar-refractivity contribution is 7.80.